The fourth-order valence-corrected chi connectivity index (χ4v) is 2.38. The van der Waals surface area contributed by atoms with Gasteiger partial charge in [-0.1, -0.05) is 0 Å². The van der Waals surface area contributed by atoms with E-state index in [2.05, 4.69) is 5.32 Å². The molecule has 0 atom stereocenters. The van der Waals surface area contributed by atoms with E-state index in [4.69, 9.17) is 0 Å². The number of hydrogen-bond donors (Lipinski definition) is 1. The van der Waals surface area contributed by atoms with Gasteiger partial charge in [0, 0.05) is 17.1 Å². The van der Waals surface area contributed by atoms with Crippen LogP contribution in [0.25, 0.3) is 0 Å². The van der Waals surface area contributed by atoms with E-state index in [-0.39, 0.29) is 5.82 Å². The average molecular weight is 197 g/mol. The van der Waals surface area contributed by atoms with Crippen LogP contribution in [0.3, 0.4) is 0 Å². The second kappa shape index (κ2) is 3.58. The summed E-state index contributed by atoms with van der Waals surface area (Å²) in [5.41, 5.74) is 1.80. The number of hydrogen-bond acceptors (Lipinski definition) is 2. The molecule has 0 saturated heterocycles. The molecule has 1 N–H and O–H groups in total. The lowest BCUT2D eigenvalue weighted by Crippen LogP contribution is -2.00. The van der Waals surface area contributed by atoms with Gasteiger partial charge in [-0.3, -0.25) is 0 Å². The molecule has 3 heteroatoms. The Morgan fingerprint density at radius 3 is 3.15 bits per heavy atom. The molecule has 13 heavy (non-hydrogen) atoms. The molecule has 0 radical (unpaired) electrons. The second-order valence-corrected chi connectivity index (χ2v) is 4.36. The third kappa shape index (κ3) is 1.80. The normalized spacial score (nSPS) is 15.8. The van der Waals surface area contributed by atoms with Gasteiger partial charge in [-0.05, 0) is 36.8 Å². The minimum atomic E-state index is -0.102. The predicted octanol–water partition coefficient (Wildman–Crippen LogP) is 3.04. The maximum Gasteiger partial charge on any atom is 0.127 e. The Labute approximate surface area is 81.7 Å². The first-order valence-electron chi connectivity index (χ1n) is 4.44. The largest absolute Gasteiger partial charge is 0.384 e. The predicted molar refractivity (Wildman–Crippen MR) is 55.0 cm³/mol. The molecule has 0 aromatic heterocycles. The molecule has 1 aromatic rings. The van der Waals surface area contributed by atoms with E-state index in [1.807, 2.05) is 6.07 Å². The number of benzene rings is 1. The van der Waals surface area contributed by atoms with Gasteiger partial charge in [0.15, 0.2) is 0 Å². The number of fused-ring (bicyclic) bond motifs is 1. The van der Waals surface area contributed by atoms with Crippen molar-refractivity contribution in [3.05, 3.63) is 23.5 Å². The summed E-state index contributed by atoms with van der Waals surface area (Å²) in [5, 5.41) is 3.31. The van der Waals surface area contributed by atoms with Gasteiger partial charge in [0.25, 0.3) is 0 Å². The van der Waals surface area contributed by atoms with Crippen LogP contribution in [0.4, 0.5) is 10.1 Å². The number of rotatable bonds is 0. The van der Waals surface area contributed by atoms with Crippen molar-refractivity contribution < 1.29 is 4.39 Å². The van der Waals surface area contributed by atoms with Gasteiger partial charge in [0.1, 0.15) is 5.82 Å². The highest BCUT2D eigenvalue weighted by Crippen LogP contribution is 2.32. The van der Waals surface area contributed by atoms with Crippen molar-refractivity contribution in [3.8, 4) is 0 Å². The van der Waals surface area contributed by atoms with E-state index >= 15 is 0 Å². The zero-order chi connectivity index (χ0) is 9.26. The van der Waals surface area contributed by atoms with E-state index in [1.165, 1.54) is 0 Å². The Hall–Kier alpha value is -0.700. The van der Waals surface area contributed by atoms with Crippen molar-refractivity contribution in [2.45, 2.75) is 18.2 Å². The molecular weight excluding hydrogens is 185 g/mol. The maximum absolute atomic E-state index is 13.2. The van der Waals surface area contributed by atoms with Gasteiger partial charge in [-0.25, -0.2) is 4.39 Å². The zero-order valence-electron chi connectivity index (χ0n) is 7.56. The van der Waals surface area contributed by atoms with Crippen LogP contribution < -0.4 is 5.32 Å². The monoisotopic (exact) mass is 197 g/mol. The zero-order valence-corrected chi connectivity index (χ0v) is 8.38. The van der Waals surface area contributed by atoms with Gasteiger partial charge in [-0.15, -0.1) is 11.8 Å². The number of halogens is 1. The molecule has 0 spiro atoms. The van der Waals surface area contributed by atoms with Crippen molar-refractivity contribution in [1.29, 1.82) is 0 Å². The van der Waals surface area contributed by atoms with Crippen molar-refractivity contribution >= 4 is 17.4 Å². The highest BCUT2D eigenvalue weighted by atomic mass is 32.2. The molecule has 0 aliphatic carbocycles. The highest BCUT2D eigenvalue weighted by Gasteiger charge is 2.10. The topological polar surface area (TPSA) is 12.0 Å². The molecule has 2 rings (SSSR count). The lowest BCUT2D eigenvalue weighted by molar-refractivity contribution is 0.615. The first kappa shape index (κ1) is 8.88. The Morgan fingerprint density at radius 1 is 1.46 bits per heavy atom. The number of thioether (sulfide) groups is 1. The fourth-order valence-electron chi connectivity index (χ4n) is 1.40. The average Bonchev–Trinajstić information content (AvgIpc) is 2.31. The van der Waals surface area contributed by atoms with Crippen LogP contribution in [-0.2, 0) is 0 Å². The van der Waals surface area contributed by atoms with Crippen molar-refractivity contribution in [3.63, 3.8) is 0 Å². The van der Waals surface area contributed by atoms with E-state index in [9.17, 15) is 4.39 Å². The molecular formula is C10H12FNS. The van der Waals surface area contributed by atoms with Crippen LogP contribution in [0, 0.1) is 12.7 Å². The van der Waals surface area contributed by atoms with Crippen molar-refractivity contribution in [2.75, 3.05) is 17.6 Å². The van der Waals surface area contributed by atoms with E-state index in [0.717, 1.165) is 29.3 Å². The lowest BCUT2D eigenvalue weighted by Gasteiger charge is -2.08. The second-order valence-electron chi connectivity index (χ2n) is 3.23. The molecule has 70 valence electrons. The molecule has 0 amide bonds. The quantitative estimate of drug-likeness (QED) is 0.686. The third-order valence-electron chi connectivity index (χ3n) is 2.15. The minimum Gasteiger partial charge on any atom is -0.384 e. The molecule has 1 aliphatic heterocycles. The SMILES string of the molecule is Cc1cc2c(cc1F)SCCCN2. The Bertz CT molecular complexity index is 294. The summed E-state index contributed by atoms with van der Waals surface area (Å²) in [6.45, 7) is 2.79. The van der Waals surface area contributed by atoms with Gasteiger partial charge >= 0.3 is 0 Å². The molecule has 1 aromatic carbocycles. The molecule has 0 bridgehead atoms. The van der Waals surface area contributed by atoms with Crippen LogP contribution in [0.5, 0.6) is 0 Å². The van der Waals surface area contributed by atoms with E-state index in [1.54, 1.807) is 24.8 Å². The maximum atomic E-state index is 13.2. The van der Waals surface area contributed by atoms with Gasteiger partial charge in [0.2, 0.25) is 0 Å². The third-order valence-corrected chi connectivity index (χ3v) is 3.30. The minimum absolute atomic E-state index is 0.102. The highest BCUT2D eigenvalue weighted by molar-refractivity contribution is 7.99. The van der Waals surface area contributed by atoms with Gasteiger partial charge in [-0.2, -0.15) is 0 Å². The van der Waals surface area contributed by atoms with Crippen LogP contribution in [0.2, 0.25) is 0 Å². The standard InChI is InChI=1S/C10H12FNS/c1-7-5-9-10(6-8(7)11)13-4-2-3-12-9/h5-6,12H,2-4H2,1H3. The summed E-state index contributed by atoms with van der Waals surface area (Å²) in [6, 6.07) is 3.52. The summed E-state index contributed by atoms with van der Waals surface area (Å²) >= 11 is 1.73. The number of nitrogens with one attached hydrogen (secondary N) is 1. The molecule has 1 heterocycles. The van der Waals surface area contributed by atoms with E-state index < -0.39 is 0 Å². The Kier molecular flexibility index (Phi) is 2.44. The van der Waals surface area contributed by atoms with Gasteiger partial charge in [0.05, 0.1) is 0 Å². The lowest BCUT2D eigenvalue weighted by atomic mass is 10.2. The Balaban J connectivity index is 2.43. The summed E-state index contributed by atoms with van der Waals surface area (Å²) in [6.07, 6.45) is 1.14. The van der Waals surface area contributed by atoms with Crippen LogP contribution in [-0.4, -0.2) is 12.3 Å². The number of aryl methyl sites for hydroxylation is 1. The van der Waals surface area contributed by atoms with Crippen molar-refractivity contribution in [1.82, 2.24) is 0 Å². The molecule has 0 fully saturated rings. The van der Waals surface area contributed by atoms with Gasteiger partial charge < -0.3 is 5.32 Å². The molecule has 1 nitrogen and oxygen atoms in total. The first-order valence-corrected chi connectivity index (χ1v) is 5.43. The summed E-state index contributed by atoms with van der Waals surface area (Å²) in [4.78, 5) is 1.04. The van der Waals surface area contributed by atoms with Crippen LogP contribution in [0.1, 0.15) is 12.0 Å². The molecule has 0 unspecified atom stereocenters. The van der Waals surface area contributed by atoms with Crippen LogP contribution >= 0.6 is 11.8 Å². The number of anilines is 1. The summed E-state index contributed by atoms with van der Waals surface area (Å²) in [5.74, 6) is 0.970. The summed E-state index contributed by atoms with van der Waals surface area (Å²) < 4.78 is 13.2. The van der Waals surface area contributed by atoms with E-state index in [0.29, 0.717) is 5.56 Å². The fraction of sp³-hybridized carbons (Fsp3) is 0.400. The summed E-state index contributed by atoms with van der Waals surface area (Å²) in [7, 11) is 0. The van der Waals surface area contributed by atoms with Crippen LogP contribution in [0.15, 0.2) is 17.0 Å². The molecule has 1 aliphatic rings. The first-order chi connectivity index (χ1) is 6.27. The molecule has 0 saturated carbocycles. The smallest absolute Gasteiger partial charge is 0.127 e. The van der Waals surface area contributed by atoms with Crippen molar-refractivity contribution in [2.24, 2.45) is 0 Å². The Morgan fingerprint density at radius 2 is 2.31 bits per heavy atom.